The summed E-state index contributed by atoms with van der Waals surface area (Å²) in [5.74, 6) is 1.55. The van der Waals surface area contributed by atoms with Gasteiger partial charge in [0, 0.05) is 17.1 Å². The number of fused-ring (bicyclic) bond motifs is 1. The van der Waals surface area contributed by atoms with E-state index < -0.39 is 0 Å². The van der Waals surface area contributed by atoms with E-state index in [0.29, 0.717) is 23.0 Å². The average molecular weight is 429 g/mol. The van der Waals surface area contributed by atoms with Crippen molar-refractivity contribution in [3.8, 4) is 22.9 Å². The van der Waals surface area contributed by atoms with E-state index in [-0.39, 0.29) is 11.9 Å². The quantitative estimate of drug-likeness (QED) is 0.559. The summed E-state index contributed by atoms with van der Waals surface area (Å²) in [4.78, 5) is 28.6. The molecule has 0 spiro atoms. The van der Waals surface area contributed by atoms with Crippen molar-refractivity contribution in [2.75, 3.05) is 25.4 Å². The van der Waals surface area contributed by atoms with Crippen molar-refractivity contribution in [1.29, 1.82) is 0 Å². The molecule has 1 amide bonds. The van der Waals surface area contributed by atoms with Crippen LogP contribution in [0.3, 0.4) is 0 Å². The number of carbonyl (C=O) groups is 1. The van der Waals surface area contributed by atoms with Crippen molar-refractivity contribution in [3.63, 3.8) is 0 Å². The van der Waals surface area contributed by atoms with Crippen molar-refractivity contribution in [2.45, 2.75) is 24.2 Å². The van der Waals surface area contributed by atoms with Crippen LogP contribution in [0, 0.1) is 6.92 Å². The van der Waals surface area contributed by atoms with Crippen molar-refractivity contribution >= 4 is 34.8 Å². The highest BCUT2D eigenvalue weighted by Crippen LogP contribution is 2.40. The van der Waals surface area contributed by atoms with Gasteiger partial charge in [0.1, 0.15) is 5.82 Å². The summed E-state index contributed by atoms with van der Waals surface area (Å²) >= 11 is 3.10. The number of pyridine rings is 2. The Hall–Kier alpha value is -2.65. The zero-order valence-corrected chi connectivity index (χ0v) is 18.3. The first-order valence-corrected chi connectivity index (χ1v) is 11.0. The topological polar surface area (TPSA) is 77.4 Å². The molecule has 1 unspecified atom stereocenters. The first kappa shape index (κ1) is 19.7. The van der Waals surface area contributed by atoms with Crippen LogP contribution in [0.1, 0.15) is 34.6 Å². The van der Waals surface area contributed by atoms with E-state index in [1.54, 1.807) is 37.1 Å². The van der Waals surface area contributed by atoms with Crippen molar-refractivity contribution in [1.82, 2.24) is 15.0 Å². The molecule has 9 heteroatoms. The molecule has 7 nitrogen and oxygen atoms in total. The predicted octanol–water partition coefficient (Wildman–Crippen LogP) is 4.37. The van der Waals surface area contributed by atoms with Gasteiger partial charge in [-0.1, -0.05) is 11.8 Å². The minimum absolute atomic E-state index is 0.0626. The minimum atomic E-state index is -0.207. The number of ether oxygens (including phenoxy) is 2. The number of aryl methyl sites for hydroxylation is 1. The number of thiazole rings is 1. The van der Waals surface area contributed by atoms with Crippen LogP contribution in [0.4, 0.5) is 5.82 Å². The molecule has 0 N–H and O–H groups in total. The predicted molar refractivity (Wildman–Crippen MR) is 114 cm³/mol. The van der Waals surface area contributed by atoms with Crippen molar-refractivity contribution in [2.24, 2.45) is 0 Å². The fourth-order valence-electron chi connectivity index (χ4n) is 3.47. The monoisotopic (exact) mass is 428 g/mol. The van der Waals surface area contributed by atoms with Crippen LogP contribution in [-0.2, 0) is 0 Å². The molecule has 1 aliphatic heterocycles. The van der Waals surface area contributed by atoms with Crippen LogP contribution in [-0.4, -0.2) is 41.3 Å². The molecule has 3 aromatic rings. The van der Waals surface area contributed by atoms with Crippen molar-refractivity contribution in [3.05, 3.63) is 40.5 Å². The Morgan fingerprint density at radius 2 is 2.00 bits per heavy atom. The Labute approximate surface area is 177 Å². The van der Waals surface area contributed by atoms with Crippen LogP contribution in [0.25, 0.3) is 11.3 Å². The minimum Gasteiger partial charge on any atom is -0.491 e. The number of rotatable bonds is 5. The first-order valence-electron chi connectivity index (χ1n) is 8.91. The molecule has 0 aliphatic carbocycles. The summed E-state index contributed by atoms with van der Waals surface area (Å²) < 4.78 is 11.5. The summed E-state index contributed by atoms with van der Waals surface area (Å²) in [5, 5.41) is 1.92. The van der Waals surface area contributed by atoms with E-state index in [1.807, 2.05) is 37.6 Å². The number of amides is 1. The molecule has 0 saturated heterocycles. The fraction of sp³-hybridized carbons (Fsp3) is 0.300. The molecule has 0 fully saturated rings. The van der Waals surface area contributed by atoms with Gasteiger partial charge in [-0.15, -0.1) is 11.3 Å². The van der Waals surface area contributed by atoms with Gasteiger partial charge >= 0.3 is 0 Å². The number of anilines is 1. The molecule has 29 heavy (non-hydrogen) atoms. The van der Waals surface area contributed by atoms with Gasteiger partial charge in [-0.3, -0.25) is 9.69 Å². The maximum atomic E-state index is 13.2. The highest BCUT2D eigenvalue weighted by atomic mass is 32.2. The standard InChI is InChI=1S/C20H20N4O3S2/c1-10-6-13(12-7-14(26-3)18(27-4)21-8-12)22-17-11(2)24(19(25)16(10)17)15-9-29-20(23-15)28-5/h6-9,11H,1-5H3. The molecule has 0 aromatic carbocycles. The van der Waals surface area contributed by atoms with Crippen LogP contribution in [0.15, 0.2) is 28.0 Å². The molecule has 0 radical (unpaired) electrons. The SMILES string of the molecule is COc1cc(-c2cc(C)c3c(n2)C(C)N(c2csc(SC)n2)C3=O)cnc1OC. The fourth-order valence-corrected chi connectivity index (χ4v) is 4.70. The van der Waals surface area contributed by atoms with Crippen LogP contribution >= 0.6 is 23.1 Å². The zero-order chi connectivity index (χ0) is 20.7. The van der Waals surface area contributed by atoms with Crippen LogP contribution in [0.2, 0.25) is 0 Å². The Balaban J connectivity index is 1.77. The number of thioether (sulfide) groups is 1. The lowest BCUT2D eigenvalue weighted by molar-refractivity contribution is 0.0991. The highest BCUT2D eigenvalue weighted by Gasteiger charge is 2.39. The third-order valence-electron chi connectivity index (χ3n) is 4.88. The Morgan fingerprint density at radius 3 is 2.66 bits per heavy atom. The van der Waals surface area contributed by atoms with Gasteiger partial charge in [-0.25, -0.2) is 15.0 Å². The number of hydrogen-bond donors (Lipinski definition) is 0. The van der Waals surface area contributed by atoms with Gasteiger partial charge in [0.2, 0.25) is 0 Å². The van der Waals surface area contributed by atoms with Gasteiger partial charge in [-0.2, -0.15) is 0 Å². The number of nitrogens with zero attached hydrogens (tertiary/aromatic N) is 4. The number of methoxy groups -OCH3 is 2. The lowest BCUT2D eigenvalue weighted by atomic mass is 10.0. The van der Waals surface area contributed by atoms with Gasteiger partial charge in [0.25, 0.3) is 11.8 Å². The van der Waals surface area contributed by atoms with E-state index in [1.165, 1.54) is 11.3 Å². The average Bonchev–Trinajstić information content (AvgIpc) is 3.30. The van der Waals surface area contributed by atoms with E-state index >= 15 is 0 Å². The molecule has 0 bridgehead atoms. The highest BCUT2D eigenvalue weighted by molar-refractivity contribution is 8.00. The summed E-state index contributed by atoms with van der Waals surface area (Å²) in [6, 6.07) is 3.54. The molecular formula is C20H20N4O3S2. The maximum Gasteiger partial charge on any atom is 0.262 e. The second kappa shape index (κ2) is 7.64. The number of aromatic nitrogens is 3. The number of carbonyl (C=O) groups excluding carboxylic acids is 1. The third-order valence-corrected chi connectivity index (χ3v) is 6.73. The first-order chi connectivity index (χ1) is 14.0. The van der Waals surface area contributed by atoms with Crippen molar-refractivity contribution < 1.29 is 14.3 Å². The summed E-state index contributed by atoms with van der Waals surface area (Å²) in [6.45, 7) is 3.91. The zero-order valence-electron chi connectivity index (χ0n) is 16.7. The van der Waals surface area contributed by atoms with E-state index in [2.05, 4.69) is 9.97 Å². The van der Waals surface area contributed by atoms with Gasteiger partial charge in [0.15, 0.2) is 10.1 Å². The molecule has 4 rings (SSSR count). The lowest BCUT2D eigenvalue weighted by Gasteiger charge is -2.18. The van der Waals surface area contributed by atoms with Gasteiger partial charge in [0.05, 0.1) is 37.2 Å². The smallest absolute Gasteiger partial charge is 0.262 e. The van der Waals surface area contributed by atoms with Crippen LogP contribution in [0.5, 0.6) is 11.6 Å². The summed E-state index contributed by atoms with van der Waals surface area (Å²) in [5.41, 5.74) is 3.80. The second-order valence-electron chi connectivity index (χ2n) is 6.55. The maximum absolute atomic E-state index is 13.2. The van der Waals surface area contributed by atoms with E-state index in [9.17, 15) is 4.79 Å². The normalized spacial score (nSPS) is 15.6. The summed E-state index contributed by atoms with van der Waals surface area (Å²) in [7, 11) is 3.12. The molecule has 3 aromatic heterocycles. The number of hydrogen-bond acceptors (Lipinski definition) is 8. The molecule has 1 aliphatic rings. The largest absolute Gasteiger partial charge is 0.491 e. The van der Waals surface area contributed by atoms with Gasteiger partial charge in [-0.05, 0) is 37.8 Å². The van der Waals surface area contributed by atoms with E-state index in [0.717, 1.165) is 26.9 Å². The van der Waals surface area contributed by atoms with E-state index in [4.69, 9.17) is 14.5 Å². The third kappa shape index (κ3) is 3.24. The van der Waals surface area contributed by atoms with Crippen LogP contribution < -0.4 is 14.4 Å². The summed E-state index contributed by atoms with van der Waals surface area (Å²) in [6.07, 6.45) is 3.67. The molecule has 1 atom stereocenters. The Bertz CT molecular complexity index is 1100. The molecule has 0 saturated carbocycles. The molecule has 150 valence electrons. The Kier molecular flexibility index (Phi) is 5.18. The Morgan fingerprint density at radius 1 is 1.21 bits per heavy atom. The van der Waals surface area contributed by atoms with Gasteiger partial charge < -0.3 is 9.47 Å². The second-order valence-corrected chi connectivity index (χ2v) is 8.46. The lowest BCUT2D eigenvalue weighted by Crippen LogP contribution is -2.26. The molecular weight excluding hydrogens is 408 g/mol. The molecule has 4 heterocycles.